The Morgan fingerprint density at radius 3 is 1.41 bits per heavy atom. The van der Waals surface area contributed by atoms with E-state index in [0.29, 0.717) is 17.4 Å². The minimum atomic E-state index is -4.60. The number of allylic oxidation sites excluding steroid dienone is 7. The summed E-state index contributed by atoms with van der Waals surface area (Å²) in [5, 5.41) is 13.8. The third kappa shape index (κ3) is 42.6. The van der Waals surface area contributed by atoms with Crippen molar-refractivity contribution in [3.8, 4) is 0 Å². The number of hydrogen-bond donors (Lipinski definition) is 2. The summed E-state index contributed by atoms with van der Waals surface area (Å²) >= 11 is 0. The lowest BCUT2D eigenvalue weighted by Gasteiger charge is -2.29. The summed E-state index contributed by atoms with van der Waals surface area (Å²) in [7, 11) is 1.23. The number of carbonyl (C=O) groups excluding carboxylic acids is 1. The first-order chi connectivity index (χ1) is 28.0. The largest absolute Gasteiger partial charge is 0.756 e. The average molecular weight is 837 g/mol. The van der Waals surface area contributed by atoms with Crippen molar-refractivity contribution in [2.75, 3.05) is 40.9 Å². The third-order valence-corrected chi connectivity index (χ3v) is 11.5. The maximum atomic E-state index is 12.9. The first-order valence-corrected chi connectivity index (χ1v) is 25.5. The van der Waals surface area contributed by atoms with Gasteiger partial charge in [0, 0.05) is 6.42 Å². The van der Waals surface area contributed by atoms with Crippen molar-refractivity contribution in [2.24, 2.45) is 0 Å². The van der Waals surface area contributed by atoms with Crippen molar-refractivity contribution in [2.45, 2.75) is 219 Å². The summed E-state index contributed by atoms with van der Waals surface area (Å²) in [4.78, 5) is 25.3. The van der Waals surface area contributed by atoms with E-state index in [1.807, 2.05) is 27.2 Å². The number of nitrogens with zero attached hydrogens (tertiary/aromatic N) is 1. The lowest BCUT2D eigenvalue weighted by molar-refractivity contribution is -0.870. The van der Waals surface area contributed by atoms with Gasteiger partial charge < -0.3 is 28.8 Å². The summed E-state index contributed by atoms with van der Waals surface area (Å²) in [6.07, 6.45) is 51.6. The van der Waals surface area contributed by atoms with Crippen molar-refractivity contribution >= 4 is 13.7 Å². The van der Waals surface area contributed by atoms with E-state index < -0.39 is 26.6 Å². The Labute approximate surface area is 359 Å². The molecule has 0 spiro atoms. The smallest absolute Gasteiger partial charge is 0.268 e. The zero-order chi connectivity index (χ0) is 42.8. The molecule has 9 heteroatoms. The molecule has 8 nitrogen and oxygen atoms in total. The highest BCUT2D eigenvalue weighted by Gasteiger charge is 2.23. The first-order valence-electron chi connectivity index (χ1n) is 24.0. The van der Waals surface area contributed by atoms with Crippen LogP contribution in [0.25, 0.3) is 0 Å². The first kappa shape index (κ1) is 56.5. The molecule has 0 heterocycles. The zero-order valence-corrected chi connectivity index (χ0v) is 39.4. The molecule has 340 valence electrons. The second-order valence-electron chi connectivity index (χ2n) is 17.4. The fourth-order valence-corrected chi connectivity index (χ4v) is 7.37. The van der Waals surface area contributed by atoms with Crippen molar-refractivity contribution in [3.63, 3.8) is 0 Å². The molecule has 0 aromatic carbocycles. The number of aliphatic hydroxyl groups excluding tert-OH is 1. The normalized spacial score (nSPS) is 14.7. The van der Waals surface area contributed by atoms with Gasteiger partial charge in [0.1, 0.15) is 13.2 Å². The molecule has 0 aromatic heterocycles. The molecule has 0 fully saturated rings. The van der Waals surface area contributed by atoms with Gasteiger partial charge in [0.15, 0.2) is 0 Å². The van der Waals surface area contributed by atoms with Crippen LogP contribution in [0.5, 0.6) is 0 Å². The number of nitrogens with one attached hydrogen (secondary N) is 1. The molecular formula is C49H93N2O6P. The minimum absolute atomic E-state index is 0.0107. The van der Waals surface area contributed by atoms with E-state index in [1.165, 1.54) is 141 Å². The Kier molecular flexibility index (Phi) is 39.8. The molecule has 0 bridgehead atoms. The van der Waals surface area contributed by atoms with Crippen LogP contribution < -0.4 is 10.2 Å². The molecule has 0 rings (SSSR count). The predicted octanol–water partition coefficient (Wildman–Crippen LogP) is 13.0. The molecule has 0 aromatic rings. The molecule has 3 unspecified atom stereocenters. The third-order valence-electron chi connectivity index (χ3n) is 10.5. The van der Waals surface area contributed by atoms with Gasteiger partial charge in [0.2, 0.25) is 5.91 Å². The molecule has 3 atom stereocenters. The Balaban J connectivity index is 4.45. The molecule has 1 amide bonds. The van der Waals surface area contributed by atoms with Crippen LogP contribution in [0, 0.1) is 0 Å². The average Bonchev–Trinajstić information content (AvgIpc) is 3.17. The molecule has 0 aliphatic rings. The quantitative estimate of drug-likeness (QED) is 0.0274. The van der Waals surface area contributed by atoms with Crippen LogP contribution >= 0.6 is 7.82 Å². The SMILES string of the molecule is CCCCCC/C=C\CCCCCCCCCC(=O)NC(COP(=O)([O-])OCC[N+](C)(C)C)C(O)/C=C/CC/C=C/CC/C=C/CCCCCCCCCCCCC. The maximum Gasteiger partial charge on any atom is 0.268 e. The molecule has 2 N–H and O–H groups in total. The fraction of sp³-hybridized carbons (Fsp3) is 0.816. The number of phosphoric ester groups is 1. The molecular weight excluding hydrogens is 744 g/mol. The summed E-state index contributed by atoms with van der Waals surface area (Å²) in [5.74, 6) is -0.218. The lowest BCUT2D eigenvalue weighted by atomic mass is 10.1. The van der Waals surface area contributed by atoms with E-state index in [-0.39, 0.29) is 12.5 Å². The van der Waals surface area contributed by atoms with Gasteiger partial charge in [0.05, 0.1) is 39.9 Å². The van der Waals surface area contributed by atoms with E-state index in [4.69, 9.17) is 9.05 Å². The van der Waals surface area contributed by atoms with Gasteiger partial charge in [-0.2, -0.15) is 0 Å². The Hall–Kier alpha value is -1.54. The van der Waals surface area contributed by atoms with Crippen LogP contribution in [0.2, 0.25) is 0 Å². The molecule has 58 heavy (non-hydrogen) atoms. The van der Waals surface area contributed by atoms with Crippen molar-refractivity contribution in [1.29, 1.82) is 0 Å². The predicted molar refractivity (Wildman–Crippen MR) is 247 cm³/mol. The summed E-state index contributed by atoms with van der Waals surface area (Å²) in [6.45, 7) is 4.60. The van der Waals surface area contributed by atoms with Crippen LogP contribution in [-0.2, 0) is 18.4 Å². The highest BCUT2D eigenvalue weighted by molar-refractivity contribution is 7.45. The topological polar surface area (TPSA) is 108 Å². The van der Waals surface area contributed by atoms with Crippen LogP contribution in [0.15, 0.2) is 48.6 Å². The van der Waals surface area contributed by atoms with Gasteiger partial charge in [-0.15, -0.1) is 0 Å². The van der Waals surface area contributed by atoms with Crippen LogP contribution in [0.1, 0.15) is 206 Å². The van der Waals surface area contributed by atoms with E-state index in [9.17, 15) is 19.4 Å². The van der Waals surface area contributed by atoms with Crippen LogP contribution in [0.3, 0.4) is 0 Å². The van der Waals surface area contributed by atoms with Crippen LogP contribution in [-0.4, -0.2) is 68.5 Å². The van der Waals surface area contributed by atoms with Gasteiger partial charge in [-0.1, -0.05) is 178 Å². The second kappa shape index (κ2) is 40.8. The standard InChI is InChI=1S/C49H93N2O6P/c1-6-8-10-12-14-16-18-20-22-23-24-25-26-27-29-30-32-34-36-38-40-42-48(52)47(46-57-58(54,55)56-45-44-51(3,4)5)50-49(53)43-41-39-37-35-33-31-28-21-19-17-15-13-11-9-7-2/h17,19,26-27,32,34,40,42,47-48,52H,6-16,18,20-25,28-31,33,35-39,41,43-46H2,1-5H3,(H-,50,53,54,55)/b19-17-,27-26+,34-32+,42-40+. The van der Waals surface area contributed by atoms with Crippen molar-refractivity contribution in [1.82, 2.24) is 5.32 Å². The van der Waals surface area contributed by atoms with Gasteiger partial charge >= 0.3 is 0 Å². The number of hydrogen-bond acceptors (Lipinski definition) is 6. The van der Waals surface area contributed by atoms with E-state index in [1.54, 1.807) is 6.08 Å². The van der Waals surface area contributed by atoms with Crippen LogP contribution in [0.4, 0.5) is 0 Å². The zero-order valence-electron chi connectivity index (χ0n) is 38.5. The Morgan fingerprint density at radius 2 is 0.966 bits per heavy atom. The lowest BCUT2D eigenvalue weighted by Crippen LogP contribution is -2.45. The molecule has 0 radical (unpaired) electrons. The monoisotopic (exact) mass is 837 g/mol. The van der Waals surface area contributed by atoms with E-state index >= 15 is 0 Å². The van der Waals surface area contributed by atoms with Gasteiger partial charge in [-0.3, -0.25) is 9.36 Å². The number of unbranched alkanes of at least 4 members (excludes halogenated alkanes) is 24. The van der Waals surface area contributed by atoms with E-state index in [0.717, 1.165) is 44.9 Å². The molecule has 0 aliphatic heterocycles. The summed E-state index contributed by atoms with van der Waals surface area (Å²) in [5.41, 5.74) is 0. The number of amides is 1. The van der Waals surface area contributed by atoms with Crippen molar-refractivity contribution < 1.29 is 32.9 Å². The number of carbonyl (C=O) groups is 1. The summed E-state index contributed by atoms with van der Waals surface area (Å²) < 4.78 is 23.2. The summed E-state index contributed by atoms with van der Waals surface area (Å²) in [6, 6.07) is -0.911. The number of rotatable bonds is 43. The molecule has 0 aliphatic carbocycles. The molecule has 0 saturated carbocycles. The van der Waals surface area contributed by atoms with Gasteiger partial charge in [-0.25, -0.2) is 0 Å². The highest BCUT2D eigenvalue weighted by Crippen LogP contribution is 2.38. The number of quaternary nitrogens is 1. The fourth-order valence-electron chi connectivity index (χ4n) is 6.65. The van der Waals surface area contributed by atoms with E-state index in [2.05, 4.69) is 55.6 Å². The maximum absolute atomic E-state index is 12.9. The number of likely N-dealkylation sites (N-methyl/N-ethyl adjacent to an activating group) is 1. The van der Waals surface area contributed by atoms with Gasteiger partial charge in [0.25, 0.3) is 7.82 Å². The number of aliphatic hydroxyl groups is 1. The van der Waals surface area contributed by atoms with Gasteiger partial charge in [-0.05, 0) is 70.6 Å². The Morgan fingerprint density at radius 1 is 0.586 bits per heavy atom. The second-order valence-corrected chi connectivity index (χ2v) is 18.8. The molecule has 0 saturated heterocycles. The Bertz CT molecular complexity index is 1090. The van der Waals surface area contributed by atoms with Crippen molar-refractivity contribution in [3.05, 3.63) is 48.6 Å². The highest BCUT2D eigenvalue weighted by atomic mass is 31.2. The number of phosphoric acid groups is 1. The minimum Gasteiger partial charge on any atom is -0.756 e.